The molecule has 22 heavy (non-hydrogen) atoms. The number of carbonyl (C=O) groups is 2. The molecule has 0 aromatic heterocycles. The van der Waals surface area contributed by atoms with E-state index >= 15 is 0 Å². The maximum Gasteiger partial charge on any atom is 0.442 e. The van der Waals surface area contributed by atoms with E-state index in [0.717, 1.165) is 6.07 Å². The van der Waals surface area contributed by atoms with Crippen molar-refractivity contribution in [2.24, 2.45) is 0 Å². The smallest absolute Gasteiger partial charge is 0.442 e. The number of hydrogen-bond donors (Lipinski definition) is 0. The van der Waals surface area contributed by atoms with Crippen LogP contribution in [0.3, 0.4) is 0 Å². The van der Waals surface area contributed by atoms with Crippen LogP contribution in [0.4, 0.5) is 17.6 Å². The Labute approximate surface area is 129 Å². The van der Waals surface area contributed by atoms with Gasteiger partial charge in [-0.15, -0.1) is 0 Å². The largest absolute Gasteiger partial charge is 0.462 e. The number of alkyl halides is 3. The molecule has 0 aliphatic heterocycles. The molecule has 0 N–H and O–H groups in total. The molecule has 0 heterocycles. The zero-order chi connectivity index (χ0) is 16.9. The van der Waals surface area contributed by atoms with Gasteiger partial charge in [0.1, 0.15) is 5.25 Å². The first-order valence-electron chi connectivity index (χ1n) is 6.33. The molecule has 0 fully saturated rings. The molecule has 0 amide bonds. The molecule has 8 heteroatoms. The molecule has 1 atom stereocenters. The first-order valence-corrected chi connectivity index (χ1v) is 7.21. The summed E-state index contributed by atoms with van der Waals surface area (Å²) in [5.74, 6) is -1.06. The molecule has 0 saturated heterocycles. The number of rotatable bonds is 6. The van der Waals surface area contributed by atoms with E-state index in [1.54, 1.807) is 0 Å². The summed E-state index contributed by atoms with van der Waals surface area (Å²) in [6, 6.07) is 3.53. The molecule has 0 radical (unpaired) electrons. The van der Waals surface area contributed by atoms with Gasteiger partial charge in [-0.3, -0.25) is 9.59 Å². The van der Waals surface area contributed by atoms with Gasteiger partial charge in [0, 0.05) is 0 Å². The van der Waals surface area contributed by atoms with E-state index in [4.69, 9.17) is 4.74 Å². The second-order valence-electron chi connectivity index (χ2n) is 4.67. The predicted octanol–water partition coefficient (Wildman–Crippen LogP) is 3.91. The molecule has 0 bridgehead atoms. The van der Waals surface area contributed by atoms with Crippen LogP contribution >= 0.6 is 11.8 Å². The van der Waals surface area contributed by atoms with Gasteiger partial charge < -0.3 is 4.74 Å². The van der Waals surface area contributed by atoms with Crippen molar-refractivity contribution < 1.29 is 31.9 Å². The van der Waals surface area contributed by atoms with Crippen molar-refractivity contribution in [3.05, 3.63) is 35.4 Å². The Bertz CT molecular complexity index is 543. The normalized spacial score (nSPS) is 13.0. The monoisotopic (exact) mass is 338 g/mol. The fourth-order valence-electron chi connectivity index (χ4n) is 1.73. The van der Waals surface area contributed by atoms with Crippen molar-refractivity contribution in [1.82, 2.24) is 0 Å². The van der Waals surface area contributed by atoms with Gasteiger partial charge >= 0.3 is 17.5 Å². The van der Waals surface area contributed by atoms with Crippen molar-refractivity contribution in [3.63, 3.8) is 0 Å². The first-order chi connectivity index (χ1) is 10.1. The van der Waals surface area contributed by atoms with Gasteiger partial charge in [0.25, 0.3) is 0 Å². The molecule has 1 aromatic rings. The molecule has 0 aliphatic carbocycles. The van der Waals surface area contributed by atoms with Crippen LogP contribution in [0, 0.1) is 0 Å². The number of esters is 1. The number of halogens is 4. The van der Waals surface area contributed by atoms with Crippen molar-refractivity contribution in [3.8, 4) is 0 Å². The highest BCUT2D eigenvalue weighted by Crippen LogP contribution is 2.36. The van der Waals surface area contributed by atoms with E-state index in [2.05, 4.69) is 0 Å². The van der Waals surface area contributed by atoms with Crippen LogP contribution in [0.2, 0.25) is 0 Å². The fraction of sp³-hybridized carbons (Fsp3) is 0.429. The quantitative estimate of drug-likeness (QED) is 0.448. The van der Waals surface area contributed by atoms with Crippen LogP contribution in [-0.4, -0.2) is 28.9 Å². The minimum absolute atomic E-state index is 0.0254. The maximum absolute atomic E-state index is 12.9. The summed E-state index contributed by atoms with van der Waals surface area (Å²) in [7, 11) is 0. The van der Waals surface area contributed by atoms with Gasteiger partial charge in [-0.25, -0.2) is 0 Å². The maximum atomic E-state index is 12.9. The molecule has 1 rings (SSSR count). The average Bonchev–Trinajstić information content (AvgIpc) is 2.35. The highest BCUT2D eigenvalue weighted by atomic mass is 32.2. The summed E-state index contributed by atoms with van der Waals surface area (Å²) in [6.45, 7) is 3.01. The van der Waals surface area contributed by atoms with Gasteiger partial charge in [0.05, 0.1) is 11.7 Å². The molecule has 1 aromatic carbocycles. The number of hydrogen-bond acceptors (Lipinski definition) is 4. The lowest BCUT2D eigenvalue weighted by atomic mass is 10.0. The van der Waals surface area contributed by atoms with Gasteiger partial charge in [-0.05, 0) is 43.7 Å². The zero-order valence-electron chi connectivity index (χ0n) is 11.8. The van der Waals surface area contributed by atoms with Crippen LogP contribution in [0.1, 0.15) is 29.8 Å². The SMILES string of the molecule is CC(C)OC(=O)C(Cc1ccccc1C(=O)F)SC(F)(F)F. The highest BCUT2D eigenvalue weighted by molar-refractivity contribution is 8.01. The lowest BCUT2D eigenvalue weighted by Crippen LogP contribution is -2.28. The molecule has 122 valence electrons. The van der Waals surface area contributed by atoms with Crippen molar-refractivity contribution in [2.45, 2.75) is 37.1 Å². The highest BCUT2D eigenvalue weighted by Gasteiger charge is 2.38. The Hall–Kier alpha value is -1.57. The predicted molar refractivity (Wildman–Crippen MR) is 74.2 cm³/mol. The number of benzene rings is 1. The van der Waals surface area contributed by atoms with Gasteiger partial charge in [-0.1, -0.05) is 18.2 Å². The topological polar surface area (TPSA) is 43.4 Å². The van der Waals surface area contributed by atoms with Crippen LogP contribution in [0.5, 0.6) is 0 Å². The Kier molecular flexibility index (Phi) is 6.40. The molecule has 3 nitrogen and oxygen atoms in total. The minimum Gasteiger partial charge on any atom is -0.462 e. The second-order valence-corrected chi connectivity index (χ2v) is 5.94. The van der Waals surface area contributed by atoms with E-state index in [0.29, 0.717) is 0 Å². The third-order valence-corrected chi connectivity index (χ3v) is 3.44. The summed E-state index contributed by atoms with van der Waals surface area (Å²) in [6.07, 6.45) is -1.04. The van der Waals surface area contributed by atoms with E-state index in [9.17, 15) is 27.2 Å². The summed E-state index contributed by atoms with van der Waals surface area (Å²) in [5.41, 5.74) is -4.99. The Balaban J connectivity index is 3.03. The average molecular weight is 338 g/mol. The van der Waals surface area contributed by atoms with E-state index in [1.165, 1.54) is 32.0 Å². The summed E-state index contributed by atoms with van der Waals surface area (Å²) < 4.78 is 55.4. The Morgan fingerprint density at radius 1 is 1.23 bits per heavy atom. The standard InChI is InChI=1S/C14H14F4O3S/c1-8(2)21-13(20)11(22-14(16,17)18)7-9-5-3-4-6-10(9)12(15)19/h3-6,8,11H,7H2,1-2H3. The van der Waals surface area contributed by atoms with Gasteiger partial charge in [0.15, 0.2) is 0 Å². The summed E-state index contributed by atoms with van der Waals surface area (Å²) in [4.78, 5) is 22.7. The van der Waals surface area contributed by atoms with Gasteiger partial charge in [0.2, 0.25) is 0 Å². The van der Waals surface area contributed by atoms with Crippen LogP contribution in [0.15, 0.2) is 24.3 Å². The van der Waals surface area contributed by atoms with Crippen molar-refractivity contribution in [2.75, 3.05) is 0 Å². The lowest BCUT2D eigenvalue weighted by Gasteiger charge is -2.19. The molecule has 0 spiro atoms. The lowest BCUT2D eigenvalue weighted by molar-refractivity contribution is -0.147. The third-order valence-electron chi connectivity index (χ3n) is 2.53. The molecule has 0 aliphatic rings. The third kappa shape index (κ3) is 6.05. The van der Waals surface area contributed by atoms with Crippen LogP contribution < -0.4 is 0 Å². The molecule has 0 saturated carbocycles. The van der Waals surface area contributed by atoms with E-state index < -0.39 is 47.1 Å². The molecular formula is C14H14F4O3S. The summed E-state index contributed by atoms with van der Waals surface area (Å²) in [5, 5.41) is -1.61. The van der Waals surface area contributed by atoms with Crippen molar-refractivity contribution >= 4 is 23.8 Å². The Morgan fingerprint density at radius 2 is 1.82 bits per heavy atom. The number of thioether (sulfide) groups is 1. The molecular weight excluding hydrogens is 324 g/mol. The Morgan fingerprint density at radius 3 is 2.32 bits per heavy atom. The van der Waals surface area contributed by atoms with Crippen LogP contribution in [0.25, 0.3) is 0 Å². The van der Waals surface area contributed by atoms with E-state index in [1.807, 2.05) is 0 Å². The van der Waals surface area contributed by atoms with E-state index in [-0.39, 0.29) is 11.1 Å². The minimum atomic E-state index is -4.66. The zero-order valence-corrected chi connectivity index (χ0v) is 12.6. The van der Waals surface area contributed by atoms with Crippen molar-refractivity contribution in [1.29, 1.82) is 0 Å². The second kappa shape index (κ2) is 7.62. The molecule has 1 unspecified atom stereocenters. The fourth-order valence-corrected chi connectivity index (χ4v) is 2.47. The number of carbonyl (C=O) groups excluding carboxylic acids is 2. The van der Waals surface area contributed by atoms with Crippen LogP contribution in [-0.2, 0) is 16.0 Å². The summed E-state index contributed by atoms with van der Waals surface area (Å²) >= 11 is -0.541. The number of ether oxygens (including phenoxy) is 1. The van der Waals surface area contributed by atoms with Gasteiger partial charge in [-0.2, -0.15) is 17.6 Å². The first kappa shape index (κ1) is 18.5.